The first-order valence-corrected chi connectivity index (χ1v) is 7.16. The van der Waals surface area contributed by atoms with Crippen LogP contribution in [0.5, 0.6) is 5.75 Å². The summed E-state index contributed by atoms with van der Waals surface area (Å²) in [7, 11) is 0. The highest BCUT2D eigenvalue weighted by Gasteiger charge is 2.38. The molecule has 1 saturated heterocycles. The number of ether oxygens (including phenoxy) is 1. The van der Waals surface area contributed by atoms with E-state index in [9.17, 15) is 4.79 Å². The van der Waals surface area contributed by atoms with E-state index in [0.717, 1.165) is 18.8 Å². The lowest BCUT2D eigenvalue weighted by atomic mass is 9.89. The molecule has 20 heavy (non-hydrogen) atoms. The zero-order valence-corrected chi connectivity index (χ0v) is 11.7. The van der Waals surface area contributed by atoms with Gasteiger partial charge in [0.2, 0.25) is 5.91 Å². The lowest BCUT2D eigenvalue weighted by molar-refractivity contribution is -0.125. The number of para-hydroxylation sites is 1. The molecule has 0 aromatic heterocycles. The van der Waals surface area contributed by atoms with E-state index in [-0.39, 0.29) is 18.0 Å². The highest BCUT2D eigenvalue weighted by Crippen LogP contribution is 2.40. The smallest absolute Gasteiger partial charge is 0.236 e. The zero-order valence-electron chi connectivity index (χ0n) is 11.7. The van der Waals surface area contributed by atoms with Gasteiger partial charge in [-0.05, 0) is 6.07 Å². The molecular weight excluding hydrogens is 254 g/mol. The van der Waals surface area contributed by atoms with E-state index in [1.165, 1.54) is 5.56 Å². The second-order valence-electron chi connectivity index (χ2n) is 5.63. The molecule has 2 heterocycles. The Morgan fingerprint density at radius 1 is 1.45 bits per heavy atom. The Balaban J connectivity index is 1.96. The standard InChI is InChI=1S/C15H21N3O2/c1-10-9-20-13-5-3-2-4-11(13)14(10)18-7-6-17-8-12(18)15(16)19/h2-5,10,12,14,17H,6-9H2,1H3,(H2,16,19). The van der Waals surface area contributed by atoms with Crippen molar-refractivity contribution in [1.82, 2.24) is 10.2 Å². The minimum Gasteiger partial charge on any atom is -0.493 e. The molecule has 3 atom stereocenters. The fraction of sp³-hybridized carbons (Fsp3) is 0.533. The van der Waals surface area contributed by atoms with Gasteiger partial charge in [0.25, 0.3) is 0 Å². The van der Waals surface area contributed by atoms with Crippen molar-refractivity contribution in [3.8, 4) is 5.75 Å². The van der Waals surface area contributed by atoms with Gasteiger partial charge in [0.1, 0.15) is 11.8 Å². The Morgan fingerprint density at radius 3 is 3.05 bits per heavy atom. The second kappa shape index (κ2) is 5.42. The van der Waals surface area contributed by atoms with E-state index >= 15 is 0 Å². The van der Waals surface area contributed by atoms with Gasteiger partial charge in [0.15, 0.2) is 0 Å². The highest BCUT2D eigenvalue weighted by molar-refractivity contribution is 5.80. The molecule has 0 radical (unpaired) electrons. The second-order valence-corrected chi connectivity index (χ2v) is 5.63. The van der Waals surface area contributed by atoms with Crippen molar-refractivity contribution >= 4 is 5.91 Å². The lowest BCUT2D eigenvalue weighted by Gasteiger charge is -2.44. The third kappa shape index (κ3) is 2.27. The number of fused-ring (bicyclic) bond motifs is 1. The summed E-state index contributed by atoms with van der Waals surface area (Å²) in [6.45, 7) is 5.19. The average Bonchev–Trinajstić information content (AvgIpc) is 2.47. The molecule has 0 bridgehead atoms. The van der Waals surface area contributed by atoms with Crippen molar-refractivity contribution in [2.75, 3.05) is 26.2 Å². The molecule has 1 fully saturated rings. The van der Waals surface area contributed by atoms with Gasteiger partial charge in [-0.3, -0.25) is 9.69 Å². The van der Waals surface area contributed by atoms with Crippen molar-refractivity contribution in [2.45, 2.75) is 19.0 Å². The van der Waals surface area contributed by atoms with Crippen LogP contribution >= 0.6 is 0 Å². The number of hydrogen-bond acceptors (Lipinski definition) is 4. The van der Waals surface area contributed by atoms with Crippen molar-refractivity contribution in [2.24, 2.45) is 11.7 Å². The summed E-state index contributed by atoms with van der Waals surface area (Å²) in [5.74, 6) is 1.01. The quantitative estimate of drug-likeness (QED) is 0.825. The van der Waals surface area contributed by atoms with Crippen molar-refractivity contribution in [3.05, 3.63) is 29.8 Å². The number of nitrogens with two attached hydrogens (primary N) is 1. The summed E-state index contributed by atoms with van der Waals surface area (Å²) in [5, 5.41) is 3.25. The zero-order chi connectivity index (χ0) is 14.1. The van der Waals surface area contributed by atoms with E-state index in [4.69, 9.17) is 10.5 Å². The summed E-state index contributed by atoms with van der Waals surface area (Å²) < 4.78 is 5.79. The summed E-state index contributed by atoms with van der Waals surface area (Å²) >= 11 is 0. The number of primary amides is 1. The third-order valence-electron chi connectivity index (χ3n) is 4.25. The monoisotopic (exact) mass is 275 g/mol. The molecule has 0 aliphatic carbocycles. The Kier molecular flexibility index (Phi) is 3.63. The number of piperazine rings is 1. The van der Waals surface area contributed by atoms with Crippen LogP contribution in [0, 0.1) is 5.92 Å². The molecule has 3 unspecified atom stereocenters. The number of hydrogen-bond donors (Lipinski definition) is 2. The topological polar surface area (TPSA) is 67.6 Å². The predicted molar refractivity (Wildman–Crippen MR) is 76.4 cm³/mol. The van der Waals surface area contributed by atoms with Gasteiger partial charge in [-0.2, -0.15) is 0 Å². The van der Waals surface area contributed by atoms with Crippen LogP contribution < -0.4 is 15.8 Å². The van der Waals surface area contributed by atoms with Crippen molar-refractivity contribution in [1.29, 1.82) is 0 Å². The number of nitrogens with one attached hydrogen (secondary N) is 1. The maximum absolute atomic E-state index is 11.7. The van der Waals surface area contributed by atoms with Crippen LogP contribution in [-0.2, 0) is 4.79 Å². The minimum absolute atomic E-state index is 0.194. The highest BCUT2D eigenvalue weighted by atomic mass is 16.5. The lowest BCUT2D eigenvalue weighted by Crippen LogP contribution is -2.59. The van der Waals surface area contributed by atoms with Crippen LogP contribution in [0.25, 0.3) is 0 Å². The molecule has 1 aromatic rings. The van der Waals surface area contributed by atoms with E-state index in [1.54, 1.807) is 0 Å². The van der Waals surface area contributed by atoms with E-state index in [1.807, 2.05) is 18.2 Å². The molecule has 108 valence electrons. The maximum atomic E-state index is 11.7. The maximum Gasteiger partial charge on any atom is 0.236 e. The molecular formula is C15H21N3O2. The summed E-state index contributed by atoms with van der Waals surface area (Å²) in [4.78, 5) is 14.0. The Hall–Kier alpha value is -1.59. The fourth-order valence-corrected chi connectivity index (χ4v) is 3.30. The van der Waals surface area contributed by atoms with Gasteiger partial charge in [-0.15, -0.1) is 0 Å². The van der Waals surface area contributed by atoms with Crippen LogP contribution in [0.4, 0.5) is 0 Å². The van der Waals surface area contributed by atoms with Crippen LogP contribution in [0.2, 0.25) is 0 Å². The Bertz CT molecular complexity index is 506. The molecule has 2 aliphatic heterocycles. The minimum atomic E-state index is -0.256. The van der Waals surface area contributed by atoms with Gasteiger partial charge < -0.3 is 15.8 Å². The van der Waals surface area contributed by atoms with E-state index in [0.29, 0.717) is 19.1 Å². The van der Waals surface area contributed by atoms with Crippen molar-refractivity contribution in [3.63, 3.8) is 0 Å². The number of benzene rings is 1. The molecule has 1 aromatic carbocycles. The number of carbonyl (C=O) groups is 1. The van der Waals surface area contributed by atoms with Gasteiger partial charge >= 0.3 is 0 Å². The first-order chi connectivity index (χ1) is 9.68. The van der Waals surface area contributed by atoms with Gasteiger partial charge in [-0.1, -0.05) is 25.1 Å². The number of carbonyl (C=O) groups excluding carboxylic acids is 1. The van der Waals surface area contributed by atoms with Crippen LogP contribution in [0.3, 0.4) is 0 Å². The van der Waals surface area contributed by atoms with Crippen molar-refractivity contribution < 1.29 is 9.53 Å². The SMILES string of the molecule is CC1COc2ccccc2C1N1CCNCC1C(N)=O. The first-order valence-electron chi connectivity index (χ1n) is 7.16. The molecule has 1 amide bonds. The van der Waals surface area contributed by atoms with Gasteiger partial charge in [0, 0.05) is 37.2 Å². The predicted octanol–water partition coefficient (Wildman–Crippen LogP) is 0.515. The molecule has 0 saturated carbocycles. The third-order valence-corrected chi connectivity index (χ3v) is 4.25. The van der Waals surface area contributed by atoms with Gasteiger partial charge in [0.05, 0.1) is 6.61 Å². The summed E-state index contributed by atoms with van der Waals surface area (Å²) in [5.41, 5.74) is 6.74. The number of rotatable bonds is 2. The Morgan fingerprint density at radius 2 is 2.25 bits per heavy atom. The van der Waals surface area contributed by atoms with Crippen LogP contribution in [0.15, 0.2) is 24.3 Å². The molecule has 2 aliphatic rings. The first kappa shape index (κ1) is 13.4. The average molecular weight is 275 g/mol. The molecule has 5 heteroatoms. The summed E-state index contributed by atoms with van der Waals surface area (Å²) in [6, 6.07) is 8.04. The molecule has 3 N–H and O–H groups in total. The largest absolute Gasteiger partial charge is 0.493 e. The molecule has 0 spiro atoms. The molecule has 5 nitrogen and oxygen atoms in total. The van der Waals surface area contributed by atoms with Gasteiger partial charge in [-0.25, -0.2) is 0 Å². The summed E-state index contributed by atoms with van der Waals surface area (Å²) in [6.07, 6.45) is 0. The number of nitrogens with zero attached hydrogens (tertiary/aromatic N) is 1. The molecule has 3 rings (SSSR count). The van der Waals surface area contributed by atoms with E-state index in [2.05, 4.69) is 23.2 Å². The Labute approximate surface area is 119 Å². The fourth-order valence-electron chi connectivity index (χ4n) is 3.30. The number of amides is 1. The van der Waals surface area contributed by atoms with E-state index < -0.39 is 0 Å². The van der Waals surface area contributed by atoms with Crippen LogP contribution in [-0.4, -0.2) is 43.1 Å². The normalized spacial score (nSPS) is 30.4. The van der Waals surface area contributed by atoms with Crippen LogP contribution in [0.1, 0.15) is 18.5 Å².